The minimum Gasteiger partial charge on any atom is -0.351 e. The summed E-state index contributed by atoms with van der Waals surface area (Å²) in [6.45, 7) is 1.78. The molecule has 2 aromatic rings. The Morgan fingerprint density at radius 3 is 2.95 bits per heavy atom. The average Bonchev–Trinajstić information content (AvgIpc) is 2.83. The fourth-order valence-electron chi connectivity index (χ4n) is 1.74. The summed E-state index contributed by atoms with van der Waals surface area (Å²) in [7, 11) is 0. The molecule has 0 aliphatic heterocycles. The normalized spacial score (nSPS) is 10.4. The first-order valence-electron chi connectivity index (χ1n) is 6.08. The van der Waals surface area contributed by atoms with Crippen molar-refractivity contribution in [3.05, 3.63) is 47.3 Å². The van der Waals surface area contributed by atoms with Crippen LogP contribution in [0.5, 0.6) is 0 Å². The van der Waals surface area contributed by atoms with Crippen LogP contribution in [0.15, 0.2) is 34.9 Å². The lowest BCUT2D eigenvalue weighted by molar-refractivity contribution is 0.0988. The van der Waals surface area contributed by atoms with Crippen LogP contribution in [-0.4, -0.2) is 16.4 Å². The predicted octanol–water partition coefficient (Wildman–Crippen LogP) is 3.56. The van der Waals surface area contributed by atoms with Gasteiger partial charge in [-0.1, -0.05) is 33.2 Å². The monoisotopic (exact) mass is 322 g/mol. The molecule has 4 nitrogen and oxygen atoms in total. The Hall–Kier alpha value is -1.62. The molecule has 0 aliphatic carbocycles. The van der Waals surface area contributed by atoms with Gasteiger partial charge in [-0.05, 0) is 37.5 Å². The van der Waals surface area contributed by atoms with Gasteiger partial charge in [-0.2, -0.15) is 0 Å². The molecule has 0 atom stereocenters. The van der Waals surface area contributed by atoms with Crippen LogP contribution >= 0.6 is 15.9 Å². The smallest absolute Gasteiger partial charge is 0.294 e. The van der Waals surface area contributed by atoms with Crippen molar-refractivity contribution in [3.8, 4) is 0 Å². The van der Waals surface area contributed by atoms with E-state index in [1.54, 1.807) is 13.0 Å². The number of rotatable bonds is 5. The van der Waals surface area contributed by atoms with Crippen LogP contribution in [0.2, 0.25) is 0 Å². The third-order valence-electron chi connectivity index (χ3n) is 2.64. The molecule has 5 heteroatoms. The van der Waals surface area contributed by atoms with E-state index in [-0.39, 0.29) is 11.7 Å². The zero-order chi connectivity index (χ0) is 13.7. The number of amides is 1. The van der Waals surface area contributed by atoms with Gasteiger partial charge in [0.1, 0.15) is 0 Å². The van der Waals surface area contributed by atoms with Gasteiger partial charge in [-0.25, -0.2) is 0 Å². The standard InChI is InChI=1S/C14H15BrN2O2/c1-10-8-13(19-17-10)14(18)16-12-6-2-4-11(9-12)5-3-7-15/h2,4,6,8-9H,3,5,7H2,1H3,(H,16,18). The third-order valence-corrected chi connectivity index (χ3v) is 3.20. The second-order valence-electron chi connectivity index (χ2n) is 4.28. The van der Waals surface area contributed by atoms with Gasteiger partial charge in [-0.15, -0.1) is 0 Å². The Kier molecular flexibility index (Phi) is 4.74. The van der Waals surface area contributed by atoms with Crippen LogP contribution in [0.25, 0.3) is 0 Å². The highest BCUT2D eigenvalue weighted by Crippen LogP contribution is 2.14. The number of benzene rings is 1. The first-order valence-corrected chi connectivity index (χ1v) is 7.21. The van der Waals surface area contributed by atoms with Crippen LogP contribution in [0, 0.1) is 6.92 Å². The van der Waals surface area contributed by atoms with E-state index in [2.05, 4.69) is 32.5 Å². The second-order valence-corrected chi connectivity index (χ2v) is 5.07. The summed E-state index contributed by atoms with van der Waals surface area (Å²) >= 11 is 3.41. The molecule has 0 fully saturated rings. The van der Waals surface area contributed by atoms with Crippen molar-refractivity contribution < 1.29 is 9.32 Å². The van der Waals surface area contributed by atoms with E-state index in [1.165, 1.54) is 5.56 Å². The second kappa shape index (κ2) is 6.52. The molecule has 100 valence electrons. The maximum absolute atomic E-state index is 11.9. The van der Waals surface area contributed by atoms with E-state index >= 15 is 0 Å². The summed E-state index contributed by atoms with van der Waals surface area (Å²) in [6, 6.07) is 9.44. The number of nitrogens with one attached hydrogen (secondary N) is 1. The summed E-state index contributed by atoms with van der Waals surface area (Å²) in [5.74, 6) is -0.0541. The highest BCUT2D eigenvalue weighted by Gasteiger charge is 2.11. The number of hydrogen-bond acceptors (Lipinski definition) is 3. The molecule has 1 aromatic carbocycles. The third kappa shape index (κ3) is 3.92. The Balaban J connectivity index is 2.04. The van der Waals surface area contributed by atoms with Crippen LogP contribution in [0.4, 0.5) is 5.69 Å². The van der Waals surface area contributed by atoms with Crippen molar-refractivity contribution in [2.75, 3.05) is 10.6 Å². The number of alkyl halides is 1. The van der Waals surface area contributed by atoms with Gasteiger partial charge in [0.2, 0.25) is 5.76 Å². The molecule has 0 spiro atoms. The van der Waals surface area contributed by atoms with Gasteiger partial charge in [0.05, 0.1) is 5.69 Å². The number of hydrogen-bond donors (Lipinski definition) is 1. The Morgan fingerprint density at radius 2 is 2.26 bits per heavy atom. The van der Waals surface area contributed by atoms with Gasteiger partial charge in [0.15, 0.2) is 0 Å². The number of aromatic nitrogens is 1. The SMILES string of the molecule is Cc1cc(C(=O)Nc2cccc(CCCBr)c2)on1. The molecule has 0 radical (unpaired) electrons. The van der Waals surface area contributed by atoms with E-state index in [4.69, 9.17) is 4.52 Å². The fourth-order valence-corrected chi connectivity index (χ4v) is 2.02. The maximum Gasteiger partial charge on any atom is 0.294 e. The lowest BCUT2D eigenvalue weighted by Gasteiger charge is -2.05. The van der Waals surface area contributed by atoms with Crippen molar-refractivity contribution in [2.45, 2.75) is 19.8 Å². The molecule has 0 saturated carbocycles. The first kappa shape index (κ1) is 13.8. The van der Waals surface area contributed by atoms with Gasteiger partial charge < -0.3 is 9.84 Å². The van der Waals surface area contributed by atoms with E-state index in [9.17, 15) is 4.79 Å². The maximum atomic E-state index is 11.9. The lowest BCUT2D eigenvalue weighted by atomic mass is 10.1. The molecule has 0 aliphatic rings. The topological polar surface area (TPSA) is 55.1 Å². The first-order chi connectivity index (χ1) is 9.19. The zero-order valence-corrected chi connectivity index (χ0v) is 12.2. The minimum atomic E-state index is -0.279. The number of halogens is 1. The Labute approximate surface area is 120 Å². The molecule has 1 amide bonds. The largest absolute Gasteiger partial charge is 0.351 e. The molecule has 0 unspecified atom stereocenters. The van der Waals surface area contributed by atoms with Crippen LogP contribution < -0.4 is 5.32 Å². The van der Waals surface area contributed by atoms with Crippen molar-refractivity contribution in [1.29, 1.82) is 0 Å². The van der Waals surface area contributed by atoms with Crippen molar-refractivity contribution in [3.63, 3.8) is 0 Å². The highest BCUT2D eigenvalue weighted by molar-refractivity contribution is 9.09. The van der Waals surface area contributed by atoms with Crippen LogP contribution in [0.1, 0.15) is 28.2 Å². The summed E-state index contributed by atoms with van der Waals surface area (Å²) in [5, 5.41) is 7.47. The Morgan fingerprint density at radius 1 is 1.42 bits per heavy atom. The molecular weight excluding hydrogens is 308 g/mol. The minimum absolute atomic E-state index is 0.225. The van der Waals surface area contributed by atoms with Crippen LogP contribution in [-0.2, 0) is 6.42 Å². The fraction of sp³-hybridized carbons (Fsp3) is 0.286. The number of nitrogens with zero attached hydrogens (tertiary/aromatic N) is 1. The number of aryl methyl sites for hydroxylation is 2. The molecule has 1 heterocycles. The molecule has 2 rings (SSSR count). The predicted molar refractivity (Wildman–Crippen MR) is 77.8 cm³/mol. The van der Waals surface area contributed by atoms with Crippen molar-refractivity contribution in [1.82, 2.24) is 5.16 Å². The average molecular weight is 323 g/mol. The molecule has 0 saturated heterocycles. The summed E-state index contributed by atoms with van der Waals surface area (Å²) in [5.41, 5.74) is 2.66. The summed E-state index contributed by atoms with van der Waals surface area (Å²) in [6.07, 6.45) is 2.05. The molecule has 1 aromatic heterocycles. The number of carbonyl (C=O) groups excluding carboxylic acids is 1. The summed E-state index contributed by atoms with van der Waals surface area (Å²) in [4.78, 5) is 11.9. The van der Waals surface area contributed by atoms with Gasteiger partial charge in [0, 0.05) is 17.1 Å². The molecule has 0 bridgehead atoms. The Bertz CT molecular complexity index is 566. The van der Waals surface area contributed by atoms with Gasteiger partial charge >= 0.3 is 0 Å². The number of carbonyl (C=O) groups is 1. The zero-order valence-electron chi connectivity index (χ0n) is 10.6. The highest BCUT2D eigenvalue weighted by atomic mass is 79.9. The van der Waals surface area contributed by atoms with E-state index in [0.29, 0.717) is 5.69 Å². The van der Waals surface area contributed by atoms with E-state index in [0.717, 1.165) is 23.9 Å². The quantitative estimate of drug-likeness (QED) is 0.856. The molecule has 1 N–H and O–H groups in total. The van der Waals surface area contributed by atoms with E-state index in [1.807, 2.05) is 18.2 Å². The van der Waals surface area contributed by atoms with Gasteiger partial charge in [-0.3, -0.25) is 4.79 Å². The van der Waals surface area contributed by atoms with Crippen LogP contribution in [0.3, 0.4) is 0 Å². The summed E-state index contributed by atoms with van der Waals surface area (Å²) < 4.78 is 4.93. The number of anilines is 1. The van der Waals surface area contributed by atoms with Gasteiger partial charge in [0.25, 0.3) is 5.91 Å². The molecular formula is C14H15BrN2O2. The van der Waals surface area contributed by atoms with Crippen molar-refractivity contribution in [2.24, 2.45) is 0 Å². The van der Waals surface area contributed by atoms with E-state index < -0.39 is 0 Å². The van der Waals surface area contributed by atoms with Crippen molar-refractivity contribution >= 4 is 27.5 Å². The molecule has 19 heavy (non-hydrogen) atoms. The lowest BCUT2D eigenvalue weighted by Crippen LogP contribution is -2.11.